The van der Waals surface area contributed by atoms with Crippen LogP contribution in [0.3, 0.4) is 0 Å². The lowest BCUT2D eigenvalue weighted by atomic mass is 9.76. The number of nitrogens with one attached hydrogen (secondary N) is 2. The molecule has 1 unspecified atom stereocenters. The number of hydrogen-bond donors (Lipinski definition) is 3. The number of aliphatic carboxylic acids is 1. The van der Waals surface area contributed by atoms with Crippen LogP contribution in [0, 0.1) is 0 Å². The molecule has 2 aromatic carbocycles. The number of ether oxygens (including phenoxy) is 1. The third kappa shape index (κ3) is 3.51. The van der Waals surface area contributed by atoms with Gasteiger partial charge in [-0.2, -0.15) is 0 Å². The van der Waals surface area contributed by atoms with Gasteiger partial charge in [0.2, 0.25) is 5.91 Å². The zero-order valence-electron chi connectivity index (χ0n) is 16.7. The lowest BCUT2D eigenvalue weighted by Crippen LogP contribution is -2.62. The highest BCUT2D eigenvalue weighted by atomic mass is 16.5. The van der Waals surface area contributed by atoms with Crippen molar-refractivity contribution in [3.05, 3.63) is 59.7 Å². The summed E-state index contributed by atoms with van der Waals surface area (Å²) in [5, 5.41) is 14.4. The second-order valence-corrected chi connectivity index (χ2v) is 7.92. The van der Waals surface area contributed by atoms with Crippen LogP contribution in [0.15, 0.2) is 48.5 Å². The molecule has 156 valence electrons. The monoisotopic (exact) mass is 408 g/mol. The van der Waals surface area contributed by atoms with Crippen molar-refractivity contribution in [3.63, 3.8) is 0 Å². The smallest absolute Gasteiger partial charge is 0.407 e. The third-order valence-corrected chi connectivity index (χ3v) is 6.05. The summed E-state index contributed by atoms with van der Waals surface area (Å²) in [6, 6.07) is 15.2. The van der Waals surface area contributed by atoms with E-state index in [1.165, 1.54) is 6.92 Å². The summed E-state index contributed by atoms with van der Waals surface area (Å²) in [5.74, 6) is -1.65. The first kappa shape index (κ1) is 19.9. The molecule has 0 aromatic heterocycles. The predicted molar refractivity (Wildman–Crippen MR) is 110 cm³/mol. The van der Waals surface area contributed by atoms with Crippen molar-refractivity contribution < 1.29 is 24.2 Å². The van der Waals surface area contributed by atoms with Crippen molar-refractivity contribution in [2.45, 2.75) is 43.7 Å². The molecular formula is C23H24N2O5. The lowest BCUT2D eigenvalue weighted by molar-refractivity contribution is -0.152. The van der Waals surface area contributed by atoms with Gasteiger partial charge in [0.15, 0.2) is 0 Å². The fourth-order valence-electron chi connectivity index (χ4n) is 4.15. The number of carbonyl (C=O) groups is 3. The normalized spacial score (nSPS) is 17.1. The molecule has 2 aromatic rings. The molecule has 7 nitrogen and oxygen atoms in total. The van der Waals surface area contributed by atoms with Crippen molar-refractivity contribution >= 4 is 18.0 Å². The molecule has 2 amide bonds. The Morgan fingerprint density at radius 2 is 1.63 bits per heavy atom. The van der Waals surface area contributed by atoms with Crippen LogP contribution < -0.4 is 10.6 Å². The summed E-state index contributed by atoms with van der Waals surface area (Å²) in [4.78, 5) is 36.0. The summed E-state index contributed by atoms with van der Waals surface area (Å²) in [5.41, 5.74) is 3.26. The number of rotatable bonds is 6. The maximum absolute atomic E-state index is 12.3. The molecule has 3 N–H and O–H groups in total. The van der Waals surface area contributed by atoms with Gasteiger partial charge in [-0.3, -0.25) is 4.79 Å². The standard InChI is InChI=1S/C23H24N2O5/c1-14(20(26)25-23(21(27)28)11-6-12-23)24-22(29)30-13-19-17-9-4-2-7-15(17)16-8-3-5-10-18(16)19/h2-5,7-10,14,19H,6,11-13H2,1H3,(H,24,29)(H,25,26)(H,27,28). The van der Waals surface area contributed by atoms with E-state index in [4.69, 9.17) is 4.74 Å². The third-order valence-electron chi connectivity index (χ3n) is 6.05. The Balaban J connectivity index is 1.36. The Morgan fingerprint density at radius 3 is 2.13 bits per heavy atom. The minimum Gasteiger partial charge on any atom is -0.480 e. The van der Waals surface area contributed by atoms with Crippen LogP contribution >= 0.6 is 0 Å². The Kier molecular flexibility index (Phi) is 5.20. The van der Waals surface area contributed by atoms with Crippen LogP contribution in [0.2, 0.25) is 0 Å². The van der Waals surface area contributed by atoms with Gasteiger partial charge in [-0.05, 0) is 48.4 Å². The highest BCUT2D eigenvalue weighted by Crippen LogP contribution is 2.44. The number of hydrogen-bond acceptors (Lipinski definition) is 4. The molecule has 1 saturated carbocycles. The van der Waals surface area contributed by atoms with E-state index in [1.807, 2.05) is 36.4 Å². The number of amides is 2. The summed E-state index contributed by atoms with van der Waals surface area (Å²) < 4.78 is 5.43. The van der Waals surface area contributed by atoms with Crippen LogP contribution in [-0.2, 0) is 14.3 Å². The first-order valence-corrected chi connectivity index (χ1v) is 10.1. The van der Waals surface area contributed by atoms with Crippen molar-refractivity contribution in [1.29, 1.82) is 0 Å². The molecule has 0 aliphatic heterocycles. The van der Waals surface area contributed by atoms with Gasteiger partial charge < -0.3 is 20.5 Å². The number of carbonyl (C=O) groups excluding carboxylic acids is 2. The summed E-state index contributed by atoms with van der Waals surface area (Å²) in [6.07, 6.45) is 0.829. The van der Waals surface area contributed by atoms with Gasteiger partial charge in [-0.25, -0.2) is 9.59 Å². The molecule has 0 saturated heterocycles. The van der Waals surface area contributed by atoms with Crippen LogP contribution in [-0.4, -0.2) is 41.3 Å². The molecule has 2 aliphatic rings. The quantitative estimate of drug-likeness (QED) is 0.681. The van der Waals surface area contributed by atoms with E-state index in [2.05, 4.69) is 22.8 Å². The van der Waals surface area contributed by atoms with E-state index in [9.17, 15) is 19.5 Å². The Labute approximate surface area is 174 Å². The number of fused-ring (bicyclic) bond motifs is 3. The van der Waals surface area contributed by atoms with Gasteiger partial charge in [0.25, 0.3) is 0 Å². The lowest BCUT2D eigenvalue weighted by Gasteiger charge is -2.38. The van der Waals surface area contributed by atoms with Gasteiger partial charge in [0.05, 0.1) is 0 Å². The van der Waals surface area contributed by atoms with Crippen molar-refractivity contribution in [1.82, 2.24) is 10.6 Å². The second kappa shape index (κ2) is 7.82. The SMILES string of the molecule is CC(NC(=O)OCC1c2ccccc2-c2ccccc21)C(=O)NC1(C(=O)O)CCC1. The van der Waals surface area contributed by atoms with Gasteiger partial charge in [-0.1, -0.05) is 48.5 Å². The molecule has 1 atom stereocenters. The molecule has 30 heavy (non-hydrogen) atoms. The van der Waals surface area contributed by atoms with Crippen molar-refractivity contribution in [2.75, 3.05) is 6.61 Å². The van der Waals surface area contributed by atoms with E-state index in [0.717, 1.165) is 28.7 Å². The Bertz CT molecular complexity index is 953. The maximum atomic E-state index is 12.3. The number of carboxylic acid groups (broad SMARTS) is 1. The van der Waals surface area contributed by atoms with Gasteiger partial charge in [0.1, 0.15) is 18.2 Å². The first-order chi connectivity index (χ1) is 14.4. The van der Waals surface area contributed by atoms with Crippen LogP contribution in [0.1, 0.15) is 43.2 Å². The van der Waals surface area contributed by atoms with Crippen LogP contribution in [0.25, 0.3) is 11.1 Å². The second-order valence-electron chi connectivity index (χ2n) is 7.92. The molecule has 0 heterocycles. The summed E-state index contributed by atoms with van der Waals surface area (Å²) >= 11 is 0. The minimum absolute atomic E-state index is 0.0717. The van der Waals surface area contributed by atoms with E-state index in [-0.39, 0.29) is 12.5 Å². The Morgan fingerprint density at radius 1 is 1.07 bits per heavy atom. The fraction of sp³-hybridized carbons (Fsp3) is 0.348. The predicted octanol–water partition coefficient (Wildman–Crippen LogP) is 3.04. The average molecular weight is 408 g/mol. The van der Waals surface area contributed by atoms with E-state index < -0.39 is 29.6 Å². The maximum Gasteiger partial charge on any atom is 0.407 e. The summed E-state index contributed by atoms with van der Waals surface area (Å²) in [6.45, 7) is 1.65. The van der Waals surface area contributed by atoms with Gasteiger partial charge >= 0.3 is 12.1 Å². The summed E-state index contributed by atoms with van der Waals surface area (Å²) in [7, 11) is 0. The largest absolute Gasteiger partial charge is 0.480 e. The minimum atomic E-state index is -1.21. The van der Waals surface area contributed by atoms with Crippen molar-refractivity contribution in [2.24, 2.45) is 0 Å². The molecule has 0 spiro atoms. The molecule has 1 fully saturated rings. The number of benzene rings is 2. The van der Waals surface area contributed by atoms with Crippen molar-refractivity contribution in [3.8, 4) is 11.1 Å². The van der Waals surface area contributed by atoms with Gasteiger partial charge in [0, 0.05) is 5.92 Å². The zero-order valence-corrected chi connectivity index (χ0v) is 16.7. The average Bonchev–Trinajstić information content (AvgIpc) is 3.02. The fourth-order valence-corrected chi connectivity index (χ4v) is 4.15. The first-order valence-electron chi connectivity index (χ1n) is 10.1. The Hall–Kier alpha value is -3.35. The molecule has 0 bridgehead atoms. The van der Waals surface area contributed by atoms with Gasteiger partial charge in [-0.15, -0.1) is 0 Å². The molecule has 4 rings (SSSR count). The van der Waals surface area contributed by atoms with E-state index in [0.29, 0.717) is 12.8 Å². The molecule has 0 radical (unpaired) electrons. The van der Waals surface area contributed by atoms with Crippen LogP contribution in [0.4, 0.5) is 4.79 Å². The topological polar surface area (TPSA) is 105 Å². The van der Waals surface area contributed by atoms with E-state index >= 15 is 0 Å². The molecule has 2 aliphatic carbocycles. The highest BCUT2D eigenvalue weighted by molar-refractivity contribution is 5.91. The van der Waals surface area contributed by atoms with E-state index in [1.54, 1.807) is 0 Å². The van der Waals surface area contributed by atoms with Crippen LogP contribution in [0.5, 0.6) is 0 Å². The number of alkyl carbamates (subject to hydrolysis) is 1. The highest BCUT2D eigenvalue weighted by Gasteiger charge is 2.46. The molecular weight excluding hydrogens is 384 g/mol. The zero-order chi connectivity index (χ0) is 21.3. The molecule has 7 heteroatoms. The number of carboxylic acids is 1.